The van der Waals surface area contributed by atoms with E-state index in [1.165, 1.54) is 24.0 Å². The van der Waals surface area contributed by atoms with Gasteiger partial charge >= 0.3 is 0 Å². The van der Waals surface area contributed by atoms with Crippen molar-refractivity contribution in [1.29, 1.82) is 0 Å². The second-order valence-corrected chi connectivity index (χ2v) is 5.61. The third-order valence-corrected chi connectivity index (χ3v) is 3.17. The van der Waals surface area contributed by atoms with E-state index in [4.69, 9.17) is 5.21 Å². The zero-order valence-electron chi connectivity index (χ0n) is 10.2. The standard InChI is InChI=1S/C14H19NO/c1-14(2,3)12-7-6-11(9-15-16)13(8-12)10-4-5-10/h6-10,16H,4-5H2,1-3H3. The molecular weight excluding hydrogens is 198 g/mol. The highest BCUT2D eigenvalue weighted by molar-refractivity contribution is 5.82. The lowest BCUT2D eigenvalue weighted by molar-refractivity contribution is 0.322. The van der Waals surface area contributed by atoms with Gasteiger partial charge in [0.2, 0.25) is 0 Å². The lowest BCUT2D eigenvalue weighted by atomic mass is 9.84. The SMILES string of the molecule is CC(C)(C)c1ccc(C=NO)c(C2CC2)c1. The summed E-state index contributed by atoms with van der Waals surface area (Å²) >= 11 is 0. The molecular formula is C14H19NO. The number of hydrogen-bond acceptors (Lipinski definition) is 2. The van der Waals surface area contributed by atoms with Gasteiger partial charge in [-0.2, -0.15) is 0 Å². The average Bonchev–Trinajstić information content (AvgIpc) is 3.00. The van der Waals surface area contributed by atoms with Crippen LogP contribution in [0.15, 0.2) is 23.4 Å². The summed E-state index contributed by atoms with van der Waals surface area (Å²) in [7, 11) is 0. The molecule has 1 aliphatic carbocycles. The summed E-state index contributed by atoms with van der Waals surface area (Å²) in [4.78, 5) is 0. The molecule has 0 aliphatic heterocycles. The monoisotopic (exact) mass is 217 g/mol. The van der Waals surface area contributed by atoms with Crippen molar-refractivity contribution in [3.05, 3.63) is 34.9 Å². The molecule has 0 spiro atoms. The molecule has 16 heavy (non-hydrogen) atoms. The van der Waals surface area contributed by atoms with Crippen LogP contribution in [0.3, 0.4) is 0 Å². The molecule has 2 heteroatoms. The van der Waals surface area contributed by atoms with Crippen LogP contribution >= 0.6 is 0 Å². The van der Waals surface area contributed by atoms with Crippen LogP contribution in [0.5, 0.6) is 0 Å². The van der Waals surface area contributed by atoms with Crippen molar-refractivity contribution in [2.24, 2.45) is 5.16 Å². The van der Waals surface area contributed by atoms with Gasteiger partial charge in [0.15, 0.2) is 0 Å². The average molecular weight is 217 g/mol. The molecule has 0 amide bonds. The fraction of sp³-hybridized carbons (Fsp3) is 0.500. The van der Waals surface area contributed by atoms with Gasteiger partial charge in [-0.3, -0.25) is 0 Å². The topological polar surface area (TPSA) is 32.6 Å². The summed E-state index contributed by atoms with van der Waals surface area (Å²) in [6.45, 7) is 6.66. The number of rotatable bonds is 2. The number of oxime groups is 1. The van der Waals surface area contributed by atoms with E-state index in [0.29, 0.717) is 5.92 Å². The molecule has 0 unspecified atom stereocenters. The summed E-state index contributed by atoms with van der Waals surface area (Å²) in [5, 5.41) is 11.8. The van der Waals surface area contributed by atoms with Crippen LogP contribution in [0, 0.1) is 0 Å². The minimum absolute atomic E-state index is 0.179. The van der Waals surface area contributed by atoms with Gasteiger partial charge in [0.1, 0.15) is 0 Å². The van der Waals surface area contributed by atoms with E-state index in [1.807, 2.05) is 0 Å². The summed E-state index contributed by atoms with van der Waals surface area (Å²) < 4.78 is 0. The molecule has 0 bridgehead atoms. The highest BCUT2D eigenvalue weighted by Crippen LogP contribution is 2.42. The third kappa shape index (κ3) is 2.26. The van der Waals surface area contributed by atoms with Crippen LogP contribution in [-0.2, 0) is 5.41 Å². The third-order valence-electron chi connectivity index (χ3n) is 3.17. The highest BCUT2D eigenvalue weighted by Gasteiger charge is 2.27. The minimum Gasteiger partial charge on any atom is -0.411 e. The molecule has 0 atom stereocenters. The van der Waals surface area contributed by atoms with E-state index in [2.05, 4.69) is 44.1 Å². The fourth-order valence-corrected chi connectivity index (χ4v) is 1.97. The lowest BCUT2D eigenvalue weighted by Gasteiger charge is -2.20. The fourth-order valence-electron chi connectivity index (χ4n) is 1.97. The van der Waals surface area contributed by atoms with E-state index in [-0.39, 0.29) is 5.41 Å². The van der Waals surface area contributed by atoms with Gasteiger partial charge in [-0.05, 0) is 40.9 Å². The van der Waals surface area contributed by atoms with E-state index < -0.39 is 0 Å². The van der Waals surface area contributed by atoms with Crippen LogP contribution in [0.2, 0.25) is 0 Å². The molecule has 1 fully saturated rings. The number of benzene rings is 1. The molecule has 1 aromatic carbocycles. The molecule has 2 nitrogen and oxygen atoms in total. The molecule has 1 saturated carbocycles. The predicted molar refractivity (Wildman–Crippen MR) is 66.5 cm³/mol. The Morgan fingerprint density at radius 1 is 1.31 bits per heavy atom. The minimum atomic E-state index is 0.179. The van der Waals surface area contributed by atoms with Crippen molar-refractivity contribution in [2.45, 2.75) is 44.9 Å². The Bertz CT molecular complexity index is 411. The molecule has 2 rings (SSSR count). The van der Waals surface area contributed by atoms with Gasteiger partial charge in [0, 0.05) is 0 Å². The second kappa shape index (κ2) is 3.93. The van der Waals surface area contributed by atoms with Crippen molar-refractivity contribution >= 4 is 6.21 Å². The molecule has 0 heterocycles. The molecule has 1 aromatic rings. The predicted octanol–water partition coefficient (Wildman–Crippen LogP) is 3.67. The first-order valence-electron chi connectivity index (χ1n) is 5.84. The maximum atomic E-state index is 8.64. The number of nitrogens with zero attached hydrogens (tertiary/aromatic N) is 1. The van der Waals surface area contributed by atoms with Gasteiger partial charge in [-0.15, -0.1) is 0 Å². The smallest absolute Gasteiger partial charge is 0.0736 e. The van der Waals surface area contributed by atoms with Gasteiger partial charge in [0.25, 0.3) is 0 Å². The maximum Gasteiger partial charge on any atom is 0.0736 e. The zero-order chi connectivity index (χ0) is 11.8. The van der Waals surface area contributed by atoms with Crippen LogP contribution in [0.1, 0.15) is 56.2 Å². The Kier molecular flexibility index (Phi) is 2.75. The van der Waals surface area contributed by atoms with E-state index >= 15 is 0 Å². The zero-order valence-corrected chi connectivity index (χ0v) is 10.2. The Balaban J connectivity index is 2.43. The van der Waals surface area contributed by atoms with Crippen LogP contribution in [-0.4, -0.2) is 11.4 Å². The summed E-state index contributed by atoms with van der Waals surface area (Å²) in [5.74, 6) is 0.676. The first-order valence-corrected chi connectivity index (χ1v) is 5.84. The van der Waals surface area contributed by atoms with Crippen LogP contribution in [0.4, 0.5) is 0 Å². The Labute approximate surface area is 97.0 Å². The molecule has 1 aliphatic rings. The Morgan fingerprint density at radius 3 is 2.50 bits per heavy atom. The van der Waals surface area contributed by atoms with Crippen LogP contribution in [0.25, 0.3) is 0 Å². The van der Waals surface area contributed by atoms with Gasteiger partial charge in [-0.25, -0.2) is 0 Å². The van der Waals surface area contributed by atoms with Crippen molar-refractivity contribution in [1.82, 2.24) is 0 Å². The van der Waals surface area contributed by atoms with E-state index in [1.54, 1.807) is 6.21 Å². The normalized spacial score (nSPS) is 16.9. The van der Waals surface area contributed by atoms with E-state index in [0.717, 1.165) is 5.56 Å². The Hall–Kier alpha value is -1.31. The first kappa shape index (κ1) is 11.2. The van der Waals surface area contributed by atoms with Crippen molar-refractivity contribution in [3.63, 3.8) is 0 Å². The molecule has 1 N–H and O–H groups in total. The van der Waals surface area contributed by atoms with E-state index in [9.17, 15) is 0 Å². The van der Waals surface area contributed by atoms with Crippen molar-refractivity contribution in [2.75, 3.05) is 0 Å². The maximum absolute atomic E-state index is 8.64. The largest absolute Gasteiger partial charge is 0.411 e. The summed E-state index contributed by atoms with van der Waals surface area (Å²) in [5.41, 5.74) is 3.92. The van der Waals surface area contributed by atoms with Gasteiger partial charge in [-0.1, -0.05) is 44.1 Å². The molecule has 86 valence electrons. The lowest BCUT2D eigenvalue weighted by Crippen LogP contribution is -2.12. The first-order chi connectivity index (χ1) is 7.52. The molecule has 0 radical (unpaired) electrons. The number of hydrogen-bond donors (Lipinski definition) is 1. The van der Waals surface area contributed by atoms with Crippen LogP contribution < -0.4 is 0 Å². The van der Waals surface area contributed by atoms with Crippen molar-refractivity contribution < 1.29 is 5.21 Å². The Morgan fingerprint density at radius 2 is 2.00 bits per heavy atom. The quantitative estimate of drug-likeness (QED) is 0.457. The highest BCUT2D eigenvalue weighted by atomic mass is 16.4. The molecule has 0 aromatic heterocycles. The summed E-state index contributed by atoms with van der Waals surface area (Å²) in [6.07, 6.45) is 4.07. The van der Waals surface area contributed by atoms with Gasteiger partial charge < -0.3 is 5.21 Å². The molecule has 0 saturated heterocycles. The van der Waals surface area contributed by atoms with Gasteiger partial charge in [0.05, 0.1) is 6.21 Å². The second-order valence-electron chi connectivity index (χ2n) is 5.61. The van der Waals surface area contributed by atoms with Crippen molar-refractivity contribution in [3.8, 4) is 0 Å². The summed E-state index contributed by atoms with van der Waals surface area (Å²) in [6, 6.07) is 6.46.